The van der Waals surface area contributed by atoms with Crippen LogP contribution >= 0.6 is 0 Å². The van der Waals surface area contributed by atoms with E-state index in [9.17, 15) is 0 Å². The van der Waals surface area contributed by atoms with Crippen LogP contribution in [0.15, 0.2) is 207 Å². The highest BCUT2D eigenvalue weighted by Crippen LogP contribution is 2.44. The van der Waals surface area contributed by atoms with E-state index in [4.69, 9.17) is 14.7 Å². The minimum atomic E-state index is 0.788. The van der Waals surface area contributed by atoms with Gasteiger partial charge in [-0.25, -0.2) is 9.97 Å². The van der Waals surface area contributed by atoms with Crippen LogP contribution in [-0.4, -0.2) is 30.9 Å². The lowest BCUT2D eigenvalue weighted by Gasteiger charge is -2.19. The third-order valence-corrected chi connectivity index (χ3v) is 12.8. The number of aryl methyl sites for hydroxylation is 2. The van der Waals surface area contributed by atoms with Crippen molar-refractivity contribution < 1.29 is 4.74 Å². The Balaban J connectivity index is 1.05. The SMILES string of the molecule is COc1cc(-c2ccccn2)ccc1-c1ccccc1-c1cc(-c2ccccc2-c2ccc3c(ccn4cc(C)nc34)c2)cc(-c2ccccc2-c2ccc3c(ccn4cc(C)nc34)c2)c1. The molecular formula is C60H43N5O. The molecule has 0 amide bonds. The molecule has 66 heavy (non-hydrogen) atoms. The van der Waals surface area contributed by atoms with Crippen molar-refractivity contribution in [2.75, 3.05) is 7.11 Å². The fourth-order valence-electron chi connectivity index (χ4n) is 9.77. The average Bonchev–Trinajstić information content (AvgIpc) is 3.97. The Morgan fingerprint density at radius 2 is 0.848 bits per heavy atom. The summed E-state index contributed by atoms with van der Waals surface area (Å²) in [5, 5.41) is 4.57. The summed E-state index contributed by atoms with van der Waals surface area (Å²) in [6.07, 6.45) is 10.2. The number of nitrogens with zero attached hydrogens (tertiary/aromatic N) is 5. The first-order chi connectivity index (χ1) is 32.5. The molecule has 7 aromatic carbocycles. The minimum Gasteiger partial charge on any atom is -0.496 e. The summed E-state index contributed by atoms with van der Waals surface area (Å²) in [5.41, 5.74) is 19.3. The van der Waals surface area contributed by atoms with Crippen molar-refractivity contribution in [1.82, 2.24) is 23.8 Å². The van der Waals surface area contributed by atoms with E-state index in [1.54, 1.807) is 7.11 Å². The van der Waals surface area contributed by atoms with Gasteiger partial charge in [-0.05, 0) is 153 Å². The van der Waals surface area contributed by atoms with E-state index in [2.05, 4.69) is 196 Å². The van der Waals surface area contributed by atoms with Crippen molar-refractivity contribution >= 4 is 32.8 Å². The molecule has 0 aliphatic carbocycles. The summed E-state index contributed by atoms with van der Waals surface area (Å²) in [6.45, 7) is 4.08. The number of rotatable bonds is 8. The van der Waals surface area contributed by atoms with Gasteiger partial charge in [-0.15, -0.1) is 0 Å². The molecule has 0 N–H and O–H groups in total. The summed E-state index contributed by atoms with van der Waals surface area (Å²) in [7, 11) is 1.74. The average molecular weight is 850 g/mol. The lowest BCUT2D eigenvalue weighted by Crippen LogP contribution is -1.94. The molecule has 0 spiro atoms. The van der Waals surface area contributed by atoms with Gasteiger partial charge in [0.25, 0.3) is 0 Å². The molecule has 5 heterocycles. The molecule has 6 heteroatoms. The zero-order valence-electron chi connectivity index (χ0n) is 36.8. The van der Waals surface area contributed by atoms with Crippen LogP contribution < -0.4 is 4.74 Å². The molecule has 314 valence electrons. The Hall–Kier alpha value is -8.61. The highest BCUT2D eigenvalue weighted by Gasteiger charge is 2.19. The van der Waals surface area contributed by atoms with Crippen LogP contribution in [0.4, 0.5) is 0 Å². The van der Waals surface area contributed by atoms with Gasteiger partial charge in [-0.1, -0.05) is 109 Å². The molecule has 0 unspecified atom stereocenters. The minimum absolute atomic E-state index is 0.788. The number of aromatic nitrogens is 5. The first kappa shape index (κ1) is 39.0. The van der Waals surface area contributed by atoms with Gasteiger partial charge in [-0.2, -0.15) is 0 Å². The number of hydrogen-bond acceptors (Lipinski definition) is 4. The third-order valence-electron chi connectivity index (χ3n) is 12.8. The van der Waals surface area contributed by atoms with E-state index >= 15 is 0 Å². The van der Waals surface area contributed by atoms with E-state index in [1.807, 2.05) is 38.2 Å². The lowest BCUT2D eigenvalue weighted by molar-refractivity contribution is 0.416. The maximum absolute atomic E-state index is 6.14. The first-order valence-corrected chi connectivity index (χ1v) is 22.3. The Bertz CT molecular complexity index is 3660. The molecule has 12 rings (SSSR count). The van der Waals surface area contributed by atoms with Crippen LogP contribution in [0.3, 0.4) is 0 Å². The summed E-state index contributed by atoms with van der Waals surface area (Å²) in [6, 6.07) is 63.5. The highest BCUT2D eigenvalue weighted by molar-refractivity contribution is 6.01. The monoisotopic (exact) mass is 849 g/mol. The van der Waals surface area contributed by atoms with Gasteiger partial charge < -0.3 is 13.5 Å². The standard InChI is InChI=1S/C60H43N5O/c1-38-36-64-28-25-42-30-40(19-22-53(42)59(64)62-38)48-12-4-6-14-50(48)45-32-46(51-15-7-5-13-49(51)41-20-23-54-43(31-41)26-29-65-37-39(2)63-60(54)65)34-47(33-45)52-16-8-9-17-55(52)56-24-21-44(35-58(56)66-3)57-18-10-11-27-61-57/h4-37H,1-3H3. The molecule has 0 fully saturated rings. The van der Waals surface area contributed by atoms with Crippen molar-refractivity contribution in [3.05, 3.63) is 218 Å². The molecule has 0 aliphatic rings. The zero-order chi connectivity index (χ0) is 44.3. The van der Waals surface area contributed by atoms with Crippen LogP contribution in [-0.2, 0) is 0 Å². The normalized spacial score (nSPS) is 11.6. The van der Waals surface area contributed by atoms with Crippen LogP contribution in [0.2, 0.25) is 0 Å². The van der Waals surface area contributed by atoms with Gasteiger partial charge in [0.1, 0.15) is 17.0 Å². The van der Waals surface area contributed by atoms with Crippen LogP contribution in [0.1, 0.15) is 11.4 Å². The molecule has 0 saturated carbocycles. The van der Waals surface area contributed by atoms with Gasteiger partial charge >= 0.3 is 0 Å². The summed E-state index contributed by atoms with van der Waals surface area (Å²) >= 11 is 0. The summed E-state index contributed by atoms with van der Waals surface area (Å²) in [5.74, 6) is 0.788. The molecule has 6 nitrogen and oxygen atoms in total. The van der Waals surface area contributed by atoms with Crippen molar-refractivity contribution in [1.29, 1.82) is 0 Å². The number of benzene rings is 7. The Kier molecular flexibility index (Phi) is 9.39. The van der Waals surface area contributed by atoms with Gasteiger partial charge in [0, 0.05) is 52.9 Å². The molecular weight excluding hydrogens is 807 g/mol. The summed E-state index contributed by atoms with van der Waals surface area (Å²) in [4.78, 5) is 14.3. The van der Waals surface area contributed by atoms with Crippen LogP contribution in [0, 0.1) is 13.8 Å². The maximum atomic E-state index is 6.14. The Labute approximate surface area is 382 Å². The number of ether oxygens (including phenoxy) is 1. The lowest BCUT2D eigenvalue weighted by atomic mass is 9.86. The number of hydrogen-bond donors (Lipinski definition) is 0. The number of pyridine rings is 3. The summed E-state index contributed by atoms with van der Waals surface area (Å²) < 4.78 is 10.4. The second kappa shape index (κ2) is 15.9. The largest absolute Gasteiger partial charge is 0.496 e. The number of fused-ring (bicyclic) bond motifs is 6. The fraction of sp³-hybridized carbons (Fsp3) is 0.0500. The van der Waals surface area contributed by atoms with Gasteiger partial charge in [0.15, 0.2) is 0 Å². The fourth-order valence-corrected chi connectivity index (χ4v) is 9.77. The van der Waals surface area contributed by atoms with Gasteiger partial charge in [-0.3, -0.25) is 4.98 Å². The van der Waals surface area contributed by atoms with E-state index in [0.29, 0.717) is 0 Å². The quantitative estimate of drug-likeness (QED) is 0.153. The van der Waals surface area contributed by atoms with Crippen LogP contribution in [0.25, 0.3) is 111 Å². The Morgan fingerprint density at radius 1 is 0.394 bits per heavy atom. The molecule has 0 bridgehead atoms. The van der Waals surface area contributed by atoms with Crippen molar-refractivity contribution in [3.63, 3.8) is 0 Å². The van der Waals surface area contributed by atoms with Gasteiger partial charge in [0.2, 0.25) is 0 Å². The topological polar surface area (TPSA) is 56.7 Å². The highest BCUT2D eigenvalue weighted by atomic mass is 16.5. The second-order valence-electron chi connectivity index (χ2n) is 17.0. The molecule has 0 aliphatic heterocycles. The van der Waals surface area contributed by atoms with Crippen molar-refractivity contribution in [2.24, 2.45) is 0 Å². The van der Waals surface area contributed by atoms with E-state index < -0.39 is 0 Å². The maximum Gasteiger partial charge on any atom is 0.144 e. The zero-order valence-corrected chi connectivity index (χ0v) is 36.8. The van der Waals surface area contributed by atoms with Crippen LogP contribution in [0.5, 0.6) is 5.75 Å². The molecule has 12 aromatic rings. The second-order valence-corrected chi connectivity index (χ2v) is 17.0. The third kappa shape index (κ3) is 6.79. The Morgan fingerprint density at radius 3 is 1.33 bits per heavy atom. The van der Waals surface area contributed by atoms with Gasteiger partial charge in [0.05, 0.1) is 24.2 Å². The first-order valence-electron chi connectivity index (χ1n) is 22.3. The number of methoxy groups -OCH3 is 1. The predicted octanol–water partition coefficient (Wildman–Crippen LogP) is 15.0. The van der Waals surface area contributed by atoms with Crippen molar-refractivity contribution in [2.45, 2.75) is 13.8 Å². The van der Waals surface area contributed by atoms with E-state index in [-0.39, 0.29) is 0 Å². The number of imidazole rings is 2. The van der Waals surface area contributed by atoms with E-state index in [0.717, 1.165) is 128 Å². The van der Waals surface area contributed by atoms with Crippen molar-refractivity contribution in [3.8, 4) is 83.8 Å². The van der Waals surface area contributed by atoms with E-state index in [1.165, 1.54) is 0 Å². The molecule has 0 atom stereocenters. The smallest absolute Gasteiger partial charge is 0.144 e. The molecule has 0 radical (unpaired) electrons. The molecule has 5 aromatic heterocycles. The predicted molar refractivity (Wildman–Crippen MR) is 271 cm³/mol. The molecule has 0 saturated heterocycles.